The Kier molecular flexibility index (Phi) is 5.03. The van der Waals surface area contributed by atoms with E-state index in [4.69, 9.17) is 10.5 Å². The van der Waals surface area contributed by atoms with Crippen molar-refractivity contribution in [2.45, 2.75) is 6.42 Å². The van der Waals surface area contributed by atoms with Gasteiger partial charge >= 0.3 is 0 Å². The van der Waals surface area contributed by atoms with Gasteiger partial charge in [-0.15, -0.1) is 0 Å². The van der Waals surface area contributed by atoms with Crippen LogP contribution in [0, 0.1) is 11.8 Å². The van der Waals surface area contributed by atoms with Gasteiger partial charge in [0.1, 0.15) is 5.75 Å². The lowest BCUT2D eigenvalue weighted by Crippen LogP contribution is -2.30. The van der Waals surface area contributed by atoms with Crippen LogP contribution in [0.1, 0.15) is 6.42 Å². The fourth-order valence-corrected chi connectivity index (χ4v) is 2.89. The molecule has 2 N–H and O–H groups in total. The molecular formula is C14H21BrN2O. The van der Waals surface area contributed by atoms with Crippen LogP contribution in [0.4, 0.5) is 0 Å². The molecule has 100 valence electrons. The van der Waals surface area contributed by atoms with E-state index in [1.54, 1.807) is 0 Å². The number of nitrogens with two attached hydrogens (primary N) is 1. The van der Waals surface area contributed by atoms with Crippen LogP contribution >= 0.6 is 15.9 Å². The maximum atomic E-state index is 5.88. The van der Waals surface area contributed by atoms with E-state index < -0.39 is 0 Å². The van der Waals surface area contributed by atoms with E-state index in [0.717, 1.165) is 16.8 Å². The molecule has 0 bridgehead atoms. The van der Waals surface area contributed by atoms with Crippen LogP contribution in [-0.2, 0) is 0 Å². The summed E-state index contributed by atoms with van der Waals surface area (Å²) >= 11 is 3.45. The first kappa shape index (κ1) is 13.8. The average Bonchev–Trinajstić information content (AvgIpc) is 2.77. The number of likely N-dealkylation sites (tertiary alicyclic amines) is 1. The molecule has 0 aromatic heterocycles. The third kappa shape index (κ3) is 3.70. The average molecular weight is 313 g/mol. The smallest absolute Gasteiger partial charge is 0.120 e. The number of ether oxygens (including phenoxy) is 1. The molecule has 1 aliphatic rings. The maximum Gasteiger partial charge on any atom is 0.120 e. The summed E-state index contributed by atoms with van der Waals surface area (Å²) in [6, 6.07) is 7.97. The monoisotopic (exact) mass is 312 g/mol. The van der Waals surface area contributed by atoms with E-state index in [1.807, 2.05) is 24.3 Å². The predicted molar refractivity (Wildman–Crippen MR) is 77.8 cm³/mol. The molecule has 1 fully saturated rings. The topological polar surface area (TPSA) is 38.5 Å². The van der Waals surface area contributed by atoms with E-state index in [2.05, 4.69) is 27.9 Å². The quantitative estimate of drug-likeness (QED) is 0.907. The summed E-state index contributed by atoms with van der Waals surface area (Å²) in [5.74, 6) is 2.04. The summed E-state index contributed by atoms with van der Waals surface area (Å²) in [6.45, 7) is 3.74. The molecule has 3 nitrogen and oxygen atoms in total. The Hall–Kier alpha value is -0.580. The molecule has 2 rings (SSSR count). The van der Waals surface area contributed by atoms with E-state index in [0.29, 0.717) is 25.0 Å². The van der Waals surface area contributed by atoms with Crippen LogP contribution in [0.3, 0.4) is 0 Å². The van der Waals surface area contributed by atoms with Gasteiger partial charge in [0.25, 0.3) is 0 Å². The fourth-order valence-electron chi connectivity index (χ4n) is 2.51. The molecule has 1 saturated heterocycles. The molecule has 1 aromatic carbocycles. The largest absolute Gasteiger partial charge is 0.493 e. The Morgan fingerprint density at radius 3 is 3.00 bits per heavy atom. The second-order valence-electron chi connectivity index (χ2n) is 5.08. The summed E-state index contributed by atoms with van der Waals surface area (Å²) < 4.78 is 6.91. The highest BCUT2D eigenvalue weighted by atomic mass is 79.9. The number of rotatable bonds is 5. The van der Waals surface area contributed by atoms with Gasteiger partial charge in [-0.2, -0.15) is 0 Å². The van der Waals surface area contributed by atoms with Gasteiger partial charge in [-0.05, 0) is 50.7 Å². The van der Waals surface area contributed by atoms with Crippen molar-refractivity contribution in [3.05, 3.63) is 28.7 Å². The van der Waals surface area contributed by atoms with Crippen molar-refractivity contribution in [3.8, 4) is 5.75 Å². The molecule has 0 saturated carbocycles. The second kappa shape index (κ2) is 6.55. The first-order valence-corrected chi connectivity index (χ1v) is 7.25. The number of halogens is 1. The minimum absolute atomic E-state index is 0.453. The van der Waals surface area contributed by atoms with Crippen LogP contribution in [0.15, 0.2) is 28.7 Å². The Morgan fingerprint density at radius 2 is 2.39 bits per heavy atom. The highest BCUT2D eigenvalue weighted by molar-refractivity contribution is 9.10. The summed E-state index contributed by atoms with van der Waals surface area (Å²) in [4.78, 5) is 2.37. The lowest BCUT2D eigenvalue weighted by atomic mass is 9.92. The lowest BCUT2D eigenvalue weighted by molar-refractivity contribution is 0.199. The molecule has 2 unspecified atom stereocenters. The van der Waals surface area contributed by atoms with Crippen molar-refractivity contribution >= 4 is 15.9 Å². The Labute approximate surface area is 117 Å². The maximum absolute atomic E-state index is 5.88. The molecular weight excluding hydrogens is 292 g/mol. The van der Waals surface area contributed by atoms with E-state index in [-0.39, 0.29) is 0 Å². The van der Waals surface area contributed by atoms with Crippen molar-refractivity contribution in [2.75, 3.05) is 33.3 Å². The zero-order valence-electron chi connectivity index (χ0n) is 10.8. The number of benzene rings is 1. The van der Waals surface area contributed by atoms with Crippen LogP contribution in [0.2, 0.25) is 0 Å². The van der Waals surface area contributed by atoms with Crippen molar-refractivity contribution in [3.63, 3.8) is 0 Å². The summed E-state index contributed by atoms with van der Waals surface area (Å²) in [5.41, 5.74) is 5.88. The molecule has 1 aliphatic heterocycles. The number of nitrogens with zero attached hydrogens (tertiary/aromatic N) is 1. The molecule has 0 aliphatic carbocycles. The van der Waals surface area contributed by atoms with E-state index in [9.17, 15) is 0 Å². The van der Waals surface area contributed by atoms with Crippen LogP contribution in [0.25, 0.3) is 0 Å². The zero-order chi connectivity index (χ0) is 13.0. The van der Waals surface area contributed by atoms with E-state index in [1.165, 1.54) is 13.0 Å². The van der Waals surface area contributed by atoms with Crippen molar-refractivity contribution in [2.24, 2.45) is 17.6 Å². The normalized spacial score (nSPS) is 22.1. The van der Waals surface area contributed by atoms with Gasteiger partial charge in [0.05, 0.1) is 6.61 Å². The zero-order valence-corrected chi connectivity index (χ0v) is 12.4. The van der Waals surface area contributed by atoms with Gasteiger partial charge in [0.2, 0.25) is 0 Å². The standard InChI is InChI=1S/C14H21BrN2O/c1-17-6-5-11(9-17)12(8-16)10-18-14-4-2-3-13(15)7-14/h2-4,7,11-12H,5-6,8-10,16H2,1H3. The lowest BCUT2D eigenvalue weighted by Gasteiger charge is -2.22. The van der Waals surface area contributed by atoms with Crippen LogP contribution < -0.4 is 10.5 Å². The second-order valence-corrected chi connectivity index (χ2v) is 5.99. The molecule has 1 aromatic rings. The van der Waals surface area contributed by atoms with Crippen molar-refractivity contribution in [1.29, 1.82) is 0 Å². The van der Waals surface area contributed by atoms with Gasteiger partial charge in [-0.3, -0.25) is 0 Å². The molecule has 4 heteroatoms. The molecule has 0 radical (unpaired) electrons. The SMILES string of the molecule is CN1CCC(C(CN)COc2cccc(Br)c2)C1. The molecule has 1 heterocycles. The predicted octanol–water partition coefficient (Wildman–Crippen LogP) is 2.35. The highest BCUT2D eigenvalue weighted by Gasteiger charge is 2.27. The van der Waals surface area contributed by atoms with Crippen molar-refractivity contribution in [1.82, 2.24) is 4.90 Å². The Bertz CT molecular complexity index is 386. The number of hydrogen-bond donors (Lipinski definition) is 1. The molecule has 2 atom stereocenters. The molecule has 0 spiro atoms. The third-order valence-corrected chi connectivity index (χ3v) is 4.15. The van der Waals surface area contributed by atoms with E-state index >= 15 is 0 Å². The Balaban J connectivity index is 1.87. The highest BCUT2D eigenvalue weighted by Crippen LogP contribution is 2.24. The van der Waals surface area contributed by atoms with Gasteiger partial charge in [0.15, 0.2) is 0 Å². The first-order valence-electron chi connectivity index (χ1n) is 6.46. The Morgan fingerprint density at radius 1 is 1.56 bits per heavy atom. The number of hydrogen-bond acceptors (Lipinski definition) is 3. The third-order valence-electron chi connectivity index (χ3n) is 3.66. The van der Waals surface area contributed by atoms with Crippen LogP contribution in [0.5, 0.6) is 5.75 Å². The fraction of sp³-hybridized carbons (Fsp3) is 0.571. The first-order chi connectivity index (χ1) is 8.69. The summed E-state index contributed by atoms with van der Waals surface area (Å²) in [7, 11) is 2.17. The van der Waals surface area contributed by atoms with Crippen LogP contribution in [-0.4, -0.2) is 38.2 Å². The van der Waals surface area contributed by atoms with Gasteiger partial charge < -0.3 is 15.4 Å². The minimum atomic E-state index is 0.453. The summed E-state index contributed by atoms with van der Waals surface area (Å²) in [6.07, 6.45) is 1.24. The minimum Gasteiger partial charge on any atom is -0.493 e. The summed E-state index contributed by atoms with van der Waals surface area (Å²) in [5, 5.41) is 0. The van der Waals surface area contributed by atoms with Gasteiger partial charge in [-0.1, -0.05) is 22.0 Å². The van der Waals surface area contributed by atoms with Gasteiger partial charge in [0, 0.05) is 16.9 Å². The molecule has 18 heavy (non-hydrogen) atoms. The van der Waals surface area contributed by atoms with Gasteiger partial charge in [-0.25, -0.2) is 0 Å². The van der Waals surface area contributed by atoms with Crippen molar-refractivity contribution < 1.29 is 4.74 Å². The molecule has 0 amide bonds.